The molecule has 0 aliphatic carbocycles. The lowest BCUT2D eigenvalue weighted by Gasteiger charge is -2.05. The summed E-state index contributed by atoms with van der Waals surface area (Å²) in [6.07, 6.45) is 1.69. The predicted molar refractivity (Wildman–Crippen MR) is 84.9 cm³/mol. The van der Waals surface area contributed by atoms with Crippen molar-refractivity contribution >= 4 is 27.9 Å². The van der Waals surface area contributed by atoms with E-state index in [1.807, 2.05) is 19.1 Å². The molecule has 6 nitrogen and oxygen atoms in total. The predicted octanol–water partition coefficient (Wildman–Crippen LogP) is 2.10. The molecule has 0 bridgehead atoms. The Kier molecular flexibility index (Phi) is 4.99. The van der Waals surface area contributed by atoms with Gasteiger partial charge in [0.05, 0.1) is 17.8 Å². The zero-order valence-corrected chi connectivity index (χ0v) is 12.8. The summed E-state index contributed by atoms with van der Waals surface area (Å²) < 4.78 is 5.08. The second kappa shape index (κ2) is 6.94. The molecular formula is C14H18N4O2S. The van der Waals surface area contributed by atoms with Gasteiger partial charge in [-0.3, -0.25) is 4.79 Å². The van der Waals surface area contributed by atoms with Crippen LogP contribution < -0.4 is 21.1 Å². The number of amides is 1. The molecule has 2 heterocycles. The summed E-state index contributed by atoms with van der Waals surface area (Å²) in [5.74, 6) is 0.432. The van der Waals surface area contributed by atoms with Crippen LogP contribution in [0.1, 0.15) is 22.2 Å². The van der Waals surface area contributed by atoms with E-state index in [1.54, 1.807) is 19.4 Å². The minimum absolute atomic E-state index is 0.140. The van der Waals surface area contributed by atoms with Crippen LogP contribution in [0.25, 0.3) is 0 Å². The minimum atomic E-state index is -0.140. The molecule has 0 aliphatic heterocycles. The van der Waals surface area contributed by atoms with E-state index in [-0.39, 0.29) is 5.91 Å². The second-order valence-electron chi connectivity index (χ2n) is 4.31. The first-order chi connectivity index (χ1) is 10.1. The maximum absolute atomic E-state index is 11.8. The quantitative estimate of drug-likeness (QED) is 0.760. The van der Waals surface area contributed by atoms with E-state index in [2.05, 4.69) is 15.6 Å². The number of carbonyl (C=O) groups excluding carboxylic acids is 1. The van der Waals surface area contributed by atoms with Crippen LogP contribution in [0.5, 0.6) is 5.88 Å². The summed E-state index contributed by atoms with van der Waals surface area (Å²) in [6.45, 7) is 3.06. The van der Waals surface area contributed by atoms with Gasteiger partial charge in [-0.1, -0.05) is 0 Å². The highest BCUT2D eigenvalue weighted by Crippen LogP contribution is 2.29. The molecule has 0 saturated carbocycles. The number of carbonyl (C=O) groups is 1. The molecule has 0 aliphatic rings. The molecule has 112 valence electrons. The van der Waals surface area contributed by atoms with Gasteiger partial charge in [0.2, 0.25) is 5.88 Å². The number of nitrogens with one attached hydrogen (secondary N) is 2. The van der Waals surface area contributed by atoms with E-state index in [4.69, 9.17) is 10.5 Å². The summed E-state index contributed by atoms with van der Waals surface area (Å²) in [7, 11) is 1.58. The Bertz CT molecular complexity index is 627. The number of anilines is 2. The second-order valence-corrected chi connectivity index (χ2v) is 5.37. The molecule has 0 radical (unpaired) electrons. The summed E-state index contributed by atoms with van der Waals surface area (Å²) in [5, 5.41) is 6.84. The molecule has 21 heavy (non-hydrogen) atoms. The Balaban J connectivity index is 2.03. The number of ether oxygens (including phenoxy) is 1. The Morgan fingerprint density at radius 2 is 2.29 bits per heavy atom. The third-order valence-corrected chi connectivity index (χ3v) is 3.89. The van der Waals surface area contributed by atoms with E-state index < -0.39 is 0 Å². The van der Waals surface area contributed by atoms with Crippen LogP contribution in [0, 0.1) is 0 Å². The van der Waals surface area contributed by atoms with Crippen molar-refractivity contribution in [2.45, 2.75) is 13.5 Å². The van der Waals surface area contributed by atoms with Crippen molar-refractivity contribution in [1.82, 2.24) is 10.3 Å². The average molecular weight is 306 g/mol. The van der Waals surface area contributed by atoms with Gasteiger partial charge >= 0.3 is 0 Å². The molecule has 0 spiro atoms. The molecule has 1 amide bonds. The molecular weight excluding hydrogens is 288 g/mol. The van der Waals surface area contributed by atoms with E-state index in [0.717, 1.165) is 10.6 Å². The van der Waals surface area contributed by atoms with Crippen LogP contribution in [-0.4, -0.2) is 24.5 Å². The number of rotatable bonds is 6. The van der Waals surface area contributed by atoms with Crippen LogP contribution in [-0.2, 0) is 6.54 Å². The monoisotopic (exact) mass is 306 g/mol. The van der Waals surface area contributed by atoms with Gasteiger partial charge in [0.15, 0.2) is 0 Å². The van der Waals surface area contributed by atoms with Gasteiger partial charge < -0.3 is 21.1 Å². The third-order valence-electron chi connectivity index (χ3n) is 2.78. The fraction of sp³-hybridized carbons (Fsp3) is 0.286. The van der Waals surface area contributed by atoms with E-state index >= 15 is 0 Å². The summed E-state index contributed by atoms with van der Waals surface area (Å²) in [4.78, 5) is 16.4. The van der Waals surface area contributed by atoms with Crippen molar-refractivity contribution in [2.75, 3.05) is 24.7 Å². The lowest BCUT2D eigenvalue weighted by atomic mass is 10.2. The first kappa shape index (κ1) is 15.1. The maximum atomic E-state index is 11.8. The standard InChI is InChI=1S/C14H18N4O2S/c1-3-16-14(19)13-10(15)7-12(21-13)18-8-9-4-5-17-11(6-9)20-2/h4-7,18H,3,8,15H2,1-2H3,(H,16,19). The molecule has 2 aromatic rings. The number of methoxy groups -OCH3 is 1. The SMILES string of the molecule is CCNC(=O)c1sc(NCc2ccnc(OC)c2)cc1N. The van der Waals surface area contributed by atoms with Gasteiger partial charge in [0.1, 0.15) is 4.88 Å². The molecule has 2 aromatic heterocycles. The van der Waals surface area contributed by atoms with Gasteiger partial charge in [-0.15, -0.1) is 11.3 Å². The normalized spacial score (nSPS) is 10.2. The number of nitrogens with two attached hydrogens (primary N) is 1. The molecule has 0 saturated heterocycles. The average Bonchev–Trinajstić information content (AvgIpc) is 2.87. The smallest absolute Gasteiger partial charge is 0.263 e. The number of hydrogen-bond donors (Lipinski definition) is 3. The Hall–Kier alpha value is -2.28. The first-order valence-corrected chi connectivity index (χ1v) is 7.36. The number of pyridine rings is 1. The van der Waals surface area contributed by atoms with Gasteiger partial charge in [-0.05, 0) is 24.6 Å². The number of hydrogen-bond acceptors (Lipinski definition) is 6. The largest absolute Gasteiger partial charge is 0.481 e. The maximum Gasteiger partial charge on any atom is 0.263 e. The van der Waals surface area contributed by atoms with E-state index in [9.17, 15) is 4.79 Å². The number of aromatic nitrogens is 1. The van der Waals surface area contributed by atoms with Gasteiger partial charge in [-0.2, -0.15) is 0 Å². The van der Waals surface area contributed by atoms with Gasteiger partial charge in [0, 0.05) is 25.4 Å². The summed E-state index contributed by atoms with van der Waals surface area (Å²) >= 11 is 1.34. The minimum Gasteiger partial charge on any atom is -0.481 e. The summed E-state index contributed by atoms with van der Waals surface area (Å²) in [6, 6.07) is 5.53. The van der Waals surface area contributed by atoms with Gasteiger partial charge in [0.25, 0.3) is 5.91 Å². The lowest BCUT2D eigenvalue weighted by molar-refractivity contribution is 0.0960. The highest BCUT2D eigenvalue weighted by Gasteiger charge is 2.13. The molecule has 7 heteroatoms. The molecule has 0 aromatic carbocycles. The van der Waals surface area contributed by atoms with Crippen LogP contribution >= 0.6 is 11.3 Å². The number of thiophene rings is 1. The molecule has 0 atom stereocenters. The van der Waals surface area contributed by atoms with Crippen molar-refractivity contribution in [3.05, 3.63) is 34.8 Å². The van der Waals surface area contributed by atoms with Crippen LogP contribution in [0.2, 0.25) is 0 Å². The van der Waals surface area contributed by atoms with Crippen LogP contribution in [0.15, 0.2) is 24.4 Å². The molecule has 2 rings (SSSR count). The van der Waals surface area contributed by atoms with Crippen molar-refractivity contribution in [1.29, 1.82) is 0 Å². The van der Waals surface area contributed by atoms with E-state index in [0.29, 0.717) is 29.5 Å². The molecule has 0 fully saturated rings. The van der Waals surface area contributed by atoms with Crippen molar-refractivity contribution in [3.63, 3.8) is 0 Å². The Labute approximate surface area is 127 Å². The Morgan fingerprint density at radius 1 is 1.48 bits per heavy atom. The zero-order valence-electron chi connectivity index (χ0n) is 12.0. The topological polar surface area (TPSA) is 89.3 Å². The molecule has 0 unspecified atom stereocenters. The summed E-state index contributed by atoms with van der Waals surface area (Å²) in [5.41, 5.74) is 7.39. The molecule has 4 N–H and O–H groups in total. The van der Waals surface area contributed by atoms with Crippen LogP contribution in [0.3, 0.4) is 0 Å². The highest BCUT2D eigenvalue weighted by atomic mass is 32.1. The van der Waals surface area contributed by atoms with Crippen molar-refractivity contribution < 1.29 is 9.53 Å². The lowest BCUT2D eigenvalue weighted by Crippen LogP contribution is -2.22. The van der Waals surface area contributed by atoms with Crippen molar-refractivity contribution in [2.24, 2.45) is 0 Å². The fourth-order valence-corrected chi connectivity index (χ4v) is 2.66. The van der Waals surface area contributed by atoms with E-state index in [1.165, 1.54) is 11.3 Å². The Morgan fingerprint density at radius 3 is 3.00 bits per heavy atom. The van der Waals surface area contributed by atoms with Crippen molar-refractivity contribution in [3.8, 4) is 5.88 Å². The zero-order chi connectivity index (χ0) is 15.2. The van der Waals surface area contributed by atoms with Gasteiger partial charge in [-0.25, -0.2) is 4.98 Å². The fourth-order valence-electron chi connectivity index (χ4n) is 1.77. The number of nitrogens with zero attached hydrogens (tertiary/aromatic N) is 1. The third kappa shape index (κ3) is 3.85. The highest BCUT2D eigenvalue weighted by molar-refractivity contribution is 7.18. The van der Waals surface area contributed by atoms with Crippen LogP contribution in [0.4, 0.5) is 10.7 Å². The first-order valence-electron chi connectivity index (χ1n) is 6.54. The number of nitrogen functional groups attached to an aromatic ring is 1.